The standard InChI is InChI=1S/C13H25N3O3S/c17-13-7-3-1-4-9-15(13)12-8-14-20(18,19)16-10-5-2-6-11-16/h14H,1-12H2. The van der Waals surface area contributed by atoms with Gasteiger partial charge in [0.2, 0.25) is 5.91 Å². The van der Waals surface area contributed by atoms with Gasteiger partial charge in [-0.1, -0.05) is 12.8 Å². The maximum atomic E-state index is 12.1. The summed E-state index contributed by atoms with van der Waals surface area (Å²) in [4.78, 5) is 13.6. The van der Waals surface area contributed by atoms with E-state index in [0.717, 1.165) is 45.1 Å². The number of likely N-dealkylation sites (tertiary alicyclic amines) is 1. The maximum Gasteiger partial charge on any atom is 0.279 e. The van der Waals surface area contributed by atoms with Gasteiger partial charge in [0, 0.05) is 39.1 Å². The molecule has 0 unspecified atom stereocenters. The summed E-state index contributed by atoms with van der Waals surface area (Å²) in [7, 11) is -3.37. The number of nitrogens with zero attached hydrogens (tertiary/aromatic N) is 2. The average Bonchev–Trinajstić information content (AvgIpc) is 2.65. The molecule has 2 heterocycles. The van der Waals surface area contributed by atoms with E-state index < -0.39 is 10.2 Å². The van der Waals surface area contributed by atoms with E-state index in [2.05, 4.69) is 4.72 Å². The lowest BCUT2D eigenvalue weighted by atomic mass is 10.2. The highest BCUT2D eigenvalue weighted by atomic mass is 32.2. The van der Waals surface area contributed by atoms with Gasteiger partial charge in [-0.15, -0.1) is 0 Å². The predicted octanol–water partition coefficient (Wildman–Crippen LogP) is 0.709. The highest BCUT2D eigenvalue weighted by molar-refractivity contribution is 7.87. The lowest BCUT2D eigenvalue weighted by Gasteiger charge is -2.27. The first-order valence-corrected chi connectivity index (χ1v) is 9.06. The normalized spacial score (nSPS) is 22.8. The zero-order valence-electron chi connectivity index (χ0n) is 12.0. The summed E-state index contributed by atoms with van der Waals surface area (Å²) in [6, 6.07) is 0. The summed E-state index contributed by atoms with van der Waals surface area (Å²) >= 11 is 0. The average molecular weight is 303 g/mol. The number of hydrogen-bond donors (Lipinski definition) is 1. The first-order valence-electron chi connectivity index (χ1n) is 7.62. The second kappa shape index (κ2) is 7.38. The fourth-order valence-electron chi connectivity index (χ4n) is 2.78. The molecule has 1 amide bonds. The van der Waals surface area contributed by atoms with Crippen molar-refractivity contribution in [2.75, 3.05) is 32.7 Å². The van der Waals surface area contributed by atoms with E-state index in [0.29, 0.717) is 32.6 Å². The van der Waals surface area contributed by atoms with E-state index in [-0.39, 0.29) is 5.91 Å². The molecule has 0 spiro atoms. The Labute approximate surface area is 121 Å². The van der Waals surface area contributed by atoms with Gasteiger partial charge in [-0.2, -0.15) is 12.7 Å². The molecule has 0 aliphatic carbocycles. The van der Waals surface area contributed by atoms with Gasteiger partial charge in [-0.05, 0) is 25.7 Å². The van der Waals surface area contributed by atoms with Gasteiger partial charge < -0.3 is 4.90 Å². The van der Waals surface area contributed by atoms with Crippen LogP contribution in [0.3, 0.4) is 0 Å². The van der Waals surface area contributed by atoms with Gasteiger partial charge in [-0.3, -0.25) is 4.79 Å². The van der Waals surface area contributed by atoms with Crippen LogP contribution in [0.2, 0.25) is 0 Å². The highest BCUT2D eigenvalue weighted by Crippen LogP contribution is 2.12. The molecule has 0 bridgehead atoms. The summed E-state index contributed by atoms with van der Waals surface area (Å²) < 4.78 is 28.3. The second-order valence-corrected chi connectivity index (χ2v) is 7.31. The number of amides is 1. The first kappa shape index (κ1) is 15.7. The predicted molar refractivity (Wildman–Crippen MR) is 77.4 cm³/mol. The lowest BCUT2D eigenvalue weighted by molar-refractivity contribution is -0.130. The summed E-state index contributed by atoms with van der Waals surface area (Å²) in [5, 5.41) is 0. The van der Waals surface area contributed by atoms with Crippen molar-refractivity contribution in [3.8, 4) is 0 Å². The SMILES string of the molecule is O=C1CCCCCN1CCNS(=O)(=O)N1CCCCC1. The van der Waals surface area contributed by atoms with Crippen LogP contribution in [0.25, 0.3) is 0 Å². The van der Waals surface area contributed by atoms with Crippen LogP contribution in [-0.4, -0.2) is 56.3 Å². The van der Waals surface area contributed by atoms with Gasteiger partial charge in [0.05, 0.1) is 0 Å². The quantitative estimate of drug-likeness (QED) is 0.813. The van der Waals surface area contributed by atoms with Crippen molar-refractivity contribution >= 4 is 16.1 Å². The summed E-state index contributed by atoms with van der Waals surface area (Å²) in [6.07, 6.45) is 6.63. The minimum atomic E-state index is -3.37. The van der Waals surface area contributed by atoms with E-state index in [1.807, 2.05) is 0 Å². The Morgan fingerprint density at radius 1 is 0.950 bits per heavy atom. The molecule has 2 aliphatic rings. The Hall–Kier alpha value is -0.660. The zero-order chi connectivity index (χ0) is 14.4. The molecule has 1 N–H and O–H groups in total. The summed E-state index contributed by atoms with van der Waals surface area (Å²) in [5.41, 5.74) is 0. The van der Waals surface area contributed by atoms with E-state index in [1.54, 1.807) is 4.90 Å². The van der Waals surface area contributed by atoms with Crippen LogP contribution in [0, 0.1) is 0 Å². The van der Waals surface area contributed by atoms with E-state index in [1.165, 1.54) is 4.31 Å². The molecule has 2 saturated heterocycles. The third-order valence-electron chi connectivity index (χ3n) is 3.99. The minimum absolute atomic E-state index is 0.152. The Balaban J connectivity index is 1.77. The molecule has 2 fully saturated rings. The number of hydrogen-bond acceptors (Lipinski definition) is 3. The van der Waals surface area contributed by atoms with Crippen LogP contribution < -0.4 is 4.72 Å². The Bertz CT molecular complexity index is 419. The molecule has 20 heavy (non-hydrogen) atoms. The van der Waals surface area contributed by atoms with Crippen molar-refractivity contribution < 1.29 is 13.2 Å². The molecule has 0 aromatic rings. The van der Waals surface area contributed by atoms with Gasteiger partial charge in [0.15, 0.2) is 0 Å². The van der Waals surface area contributed by atoms with Gasteiger partial charge >= 0.3 is 0 Å². The minimum Gasteiger partial charge on any atom is -0.341 e. The maximum absolute atomic E-state index is 12.1. The monoisotopic (exact) mass is 303 g/mol. The second-order valence-electron chi connectivity index (χ2n) is 5.55. The largest absolute Gasteiger partial charge is 0.341 e. The van der Waals surface area contributed by atoms with Crippen molar-refractivity contribution in [3.63, 3.8) is 0 Å². The van der Waals surface area contributed by atoms with Crippen LogP contribution in [0.4, 0.5) is 0 Å². The smallest absolute Gasteiger partial charge is 0.279 e. The van der Waals surface area contributed by atoms with Crippen molar-refractivity contribution in [1.82, 2.24) is 13.9 Å². The molecule has 0 saturated carbocycles. The van der Waals surface area contributed by atoms with E-state index in [4.69, 9.17) is 0 Å². The molecule has 2 rings (SSSR count). The topological polar surface area (TPSA) is 69.7 Å². The molecule has 0 atom stereocenters. The fraction of sp³-hybridized carbons (Fsp3) is 0.923. The molecule has 116 valence electrons. The number of piperidine rings is 1. The fourth-order valence-corrected chi connectivity index (χ4v) is 4.05. The molecule has 6 nitrogen and oxygen atoms in total. The van der Waals surface area contributed by atoms with Gasteiger partial charge in [0.1, 0.15) is 0 Å². The Morgan fingerprint density at radius 2 is 1.60 bits per heavy atom. The molecular formula is C13H25N3O3S. The van der Waals surface area contributed by atoms with E-state index >= 15 is 0 Å². The number of rotatable bonds is 5. The van der Waals surface area contributed by atoms with Crippen LogP contribution in [-0.2, 0) is 15.0 Å². The number of carbonyl (C=O) groups is 1. The lowest BCUT2D eigenvalue weighted by Crippen LogP contribution is -2.46. The third kappa shape index (κ3) is 4.43. The van der Waals surface area contributed by atoms with Crippen molar-refractivity contribution in [2.24, 2.45) is 0 Å². The zero-order valence-corrected chi connectivity index (χ0v) is 12.8. The van der Waals surface area contributed by atoms with Gasteiger partial charge in [0.25, 0.3) is 10.2 Å². The molecule has 7 heteroatoms. The summed E-state index contributed by atoms with van der Waals surface area (Å²) in [5.74, 6) is 0.152. The van der Waals surface area contributed by atoms with Crippen molar-refractivity contribution in [2.45, 2.75) is 44.9 Å². The van der Waals surface area contributed by atoms with Crippen LogP contribution >= 0.6 is 0 Å². The van der Waals surface area contributed by atoms with Gasteiger partial charge in [-0.25, -0.2) is 4.72 Å². The summed E-state index contributed by atoms with van der Waals surface area (Å²) in [6.45, 7) is 2.76. The van der Waals surface area contributed by atoms with E-state index in [9.17, 15) is 13.2 Å². The molecule has 2 aliphatic heterocycles. The Kier molecular flexibility index (Phi) is 5.80. The highest BCUT2D eigenvalue weighted by Gasteiger charge is 2.24. The number of nitrogens with one attached hydrogen (secondary N) is 1. The van der Waals surface area contributed by atoms with Crippen molar-refractivity contribution in [1.29, 1.82) is 0 Å². The third-order valence-corrected chi connectivity index (χ3v) is 5.61. The molecule has 0 radical (unpaired) electrons. The van der Waals surface area contributed by atoms with Crippen LogP contribution in [0.5, 0.6) is 0 Å². The molecule has 0 aromatic carbocycles. The van der Waals surface area contributed by atoms with Crippen LogP contribution in [0.1, 0.15) is 44.9 Å². The Morgan fingerprint density at radius 3 is 2.35 bits per heavy atom. The van der Waals surface area contributed by atoms with Crippen molar-refractivity contribution in [3.05, 3.63) is 0 Å². The first-order chi connectivity index (χ1) is 9.59. The van der Waals surface area contributed by atoms with Crippen LogP contribution in [0.15, 0.2) is 0 Å². The number of carbonyl (C=O) groups excluding carboxylic acids is 1. The molecular weight excluding hydrogens is 278 g/mol. The molecule has 0 aromatic heterocycles.